The zero-order chi connectivity index (χ0) is 13.8. The number of hydrogen-bond acceptors (Lipinski definition) is 1. The Balaban J connectivity index is 2.19. The van der Waals surface area contributed by atoms with Crippen LogP contribution in [0.4, 0.5) is 4.39 Å². The van der Waals surface area contributed by atoms with Crippen molar-refractivity contribution in [2.75, 3.05) is 0 Å². The highest BCUT2D eigenvalue weighted by Crippen LogP contribution is 2.31. The molecule has 0 amide bonds. The van der Waals surface area contributed by atoms with E-state index in [2.05, 4.69) is 15.9 Å². The minimum Gasteiger partial charge on any atom is -0.487 e. The lowest BCUT2D eigenvalue weighted by atomic mass is 10.2. The van der Waals surface area contributed by atoms with E-state index in [1.54, 1.807) is 18.2 Å². The van der Waals surface area contributed by atoms with E-state index in [0.717, 1.165) is 5.56 Å². The third kappa shape index (κ3) is 3.62. The van der Waals surface area contributed by atoms with Crippen LogP contribution in [-0.4, -0.2) is 0 Å². The van der Waals surface area contributed by atoms with Crippen molar-refractivity contribution in [3.05, 3.63) is 63.4 Å². The Morgan fingerprint density at radius 3 is 2.58 bits per heavy atom. The Hall–Kier alpha value is -0.770. The Bertz CT molecular complexity index is 590. The van der Waals surface area contributed by atoms with Gasteiger partial charge in [0.2, 0.25) is 0 Å². The summed E-state index contributed by atoms with van der Waals surface area (Å²) >= 11 is 15.1. The third-order valence-corrected chi connectivity index (χ3v) is 3.72. The number of benzene rings is 2. The molecule has 0 atom stereocenters. The minimum absolute atomic E-state index is 0.104. The van der Waals surface area contributed by atoms with Crippen molar-refractivity contribution in [2.24, 2.45) is 0 Å². The number of alkyl halides is 1. The maximum atomic E-state index is 13.6. The fourth-order valence-corrected chi connectivity index (χ4v) is 2.46. The second-order valence-corrected chi connectivity index (χ2v) is 5.29. The fourth-order valence-electron chi connectivity index (χ4n) is 1.61. The van der Waals surface area contributed by atoms with E-state index < -0.39 is 0 Å². The second kappa shape index (κ2) is 6.60. The monoisotopic (exact) mass is 362 g/mol. The Kier molecular flexibility index (Phi) is 5.08. The van der Waals surface area contributed by atoms with Gasteiger partial charge in [-0.15, -0.1) is 0 Å². The van der Waals surface area contributed by atoms with Gasteiger partial charge in [0.15, 0.2) is 0 Å². The topological polar surface area (TPSA) is 9.23 Å². The molecule has 2 aromatic rings. The van der Waals surface area contributed by atoms with Crippen molar-refractivity contribution in [1.29, 1.82) is 0 Å². The summed E-state index contributed by atoms with van der Waals surface area (Å²) in [7, 11) is 0. The molecular weight excluding hydrogens is 354 g/mol. The molecule has 1 nitrogen and oxygen atoms in total. The molecule has 0 aliphatic heterocycles. The highest BCUT2D eigenvalue weighted by Gasteiger charge is 2.09. The lowest BCUT2D eigenvalue weighted by molar-refractivity contribution is 0.298. The highest BCUT2D eigenvalue weighted by atomic mass is 79.9. The van der Waals surface area contributed by atoms with E-state index in [1.807, 2.05) is 12.1 Å². The van der Waals surface area contributed by atoms with E-state index in [-0.39, 0.29) is 12.4 Å². The molecule has 0 aliphatic rings. The molecule has 0 saturated carbocycles. The van der Waals surface area contributed by atoms with Crippen molar-refractivity contribution in [2.45, 2.75) is 11.9 Å². The molecule has 0 unspecified atom stereocenters. The first kappa shape index (κ1) is 14.6. The Morgan fingerprint density at radius 1 is 1.11 bits per heavy atom. The van der Waals surface area contributed by atoms with Gasteiger partial charge in [-0.25, -0.2) is 4.39 Å². The molecule has 2 rings (SSSR count). The van der Waals surface area contributed by atoms with Gasteiger partial charge >= 0.3 is 0 Å². The van der Waals surface area contributed by atoms with Crippen molar-refractivity contribution < 1.29 is 9.13 Å². The molecular formula is C14H10BrCl2FO. The van der Waals surface area contributed by atoms with Crippen LogP contribution in [0.5, 0.6) is 5.75 Å². The van der Waals surface area contributed by atoms with Gasteiger partial charge in [0.05, 0.1) is 5.02 Å². The number of ether oxygens (including phenoxy) is 1. The predicted molar refractivity (Wildman–Crippen MR) is 79.8 cm³/mol. The van der Waals surface area contributed by atoms with Gasteiger partial charge < -0.3 is 4.74 Å². The SMILES string of the molecule is Fc1cc(Cl)ccc1COc1c(Cl)cccc1CBr. The van der Waals surface area contributed by atoms with Gasteiger partial charge in [-0.1, -0.05) is 57.3 Å². The predicted octanol–water partition coefficient (Wildman–Crippen LogP) is 5.61. The first-order valence-electron chi connectivity index (χ1n) is 5.52. The quantitative estimate of drug-likeness (QED) is 0.642. The van der Waals surface area contributed by atoms with Gasteiger partial charge in [0.1, 0.15) is 18.2 Å². The standard InChI is InChI=1S/C14H10BrCl2FO/c15-7-9-2-1-3-12(17)14(9)19-8-10-4-5-11(16)6-13(10)18/h1-6H,7-8H2. The van der Waals surface area contributed by atoms with Gasteiger partial charge in [0, 0.05) is 21.5 Å². The van der Waals surface area contributed by atoms with Crippen LogP contribution < -0.4 is 4.74 Å². The first-order valence-corrected chi connectivity index (χ1v) is 7.39. The van der Waals surface area contributed by atoms with E-state index >= 15 is 0 Å². The van der Waals surface area contributed by atoms with Crippen molar-refractivity contribution >= 4 is 39.1 Å². The van der Waals surface area contributed by atoms with Crippen LogP contribution in [0.3, 0.4) is 0 Å². The number of para-hydroxylation sites is 1. The molecule has 19 heavy (non-hydrogen) atoms. The number of halogens is 4. The van der Waals surface area contributed by atoms with Crippen LogP contribution in [0.1, 0.15) is 11.1 Å². The molecule has 100 valence electrons. The van der Waals surface area contributed by atoms with Crippen LogP contribution in [0.25, 0.3) is 0 Å². The van der Waals surface area contributed by atoms with Gasteiger partial charge in [-0.3, -0.25) is 0 Å². The lowest BCUT2D eigenvalue weighted by Crippen LogP contribution is -2.00. The van der Waals surface area contributed by atoms with Crippen LogP contribution in [0.15, 0.2) is 36.4 Å². The summed E-state index contributed by atoms with van der Waals surface area (Å²) in [6.07, 6.45) is 0. The lowest BCUT2D eigenvalue weighted by Gasteiger charge is -2.12. The smallest absolute Gasteiger partial charge is 0.142 e. The van der Waals surface area contributed by atoms with E-state index in [9.17, 15) is 4.39 Å². The summed E-state index contributed by atoms with van der Waals surface area (Å²) in [4.78, 5) is 0. The molecule has 0 heterocycles. The molecule has 2 aromatic carbocycles. The number of rotatable bonds is 4. The van der Waals surface area contributed by atoms with E-state index in [4.69, 9.17) is 27.9 Å². The van der Waals surface area contributed by atoms with Crippen LogP contribution in [-0.2, 0) is 11.9 Å². The van der Waals surface area contributed by atoms with Gasteiger partial charge in [-0.05, 0) is 18.2 Å². The molecule has 0 bridgehead atoms. The molecule has 0 aromatic heterocycles. The van der Waals surface area contributed by atoms with Crippen LogP contribution in [0, 0.1) is 5.82 Å². The molecule has 0 aliphatic carbocycles. The summed E-state index contributed by atoms with van der Waals surface area (Å²) in [5.41, 5.74) is 1.35. The highest BCUT2D eigenvalue weighted by molar-refractivity contribution is 9.08. The van der Waals surface area contributed by atoms with Crippen LogP contribution >= 0.6 is 39.1 Å². The first-order chi connectivity index (χ1) is 9.11. The number of hydrogen-bond donors (Lipinski definition) is 0. The zero-order valence-electron chi connectivity index (χ0n) is 9.80. The van der Waals surface area contributed by atoms with Gasteiger partial charge in [0.25, 0.3) is 0 Å². The molecule has 0 spiro atoms. The average Bonchev–Trinajstić information content (AvgIpc) is 2.39. The van der Waals surface area contributed by atoms with E-state index in [1.165, 1.54) is 6.07 Å². The van der Waals surface area contributed by atoms with Crippen molar-refractivity contribution in [3.63, 3.8) is 0 Å². The molecule has 0 radical (unpaired) electrons. The Morgan fingerprint density at radius 2 is 1.89 bits per heavy atom. The third-order valence-electron chi connectivity index (χ3n) is 2.58. The summed E-state index contributed by atoms with van der Waals surface area (Å²) in [5.74, 6) is 0.176. The molecule has 5 heteroatoms. The summed E-state index contributed by atoms with van der Waals surface area (Å²) in [6, 6.07) is 9.96. The van der Waals surface area contributed by atoms with Crippen LogP contribution in [0.2, 0.25) is 10.0 Å². The minimum atomic E-state index is -0.389. The maximum absolute atomic E-state index is 13.6. The van der Waals surface area contributed by atoms with Crippen molar-refractivity contribution in [1.82, 2.24) is 0 Å². The summed E-state index contributed by atoms with van der Waals surface area (Å²) in [6.45, 7) is 0.104. The second-order valence-electron chi connectivity index (χ2n) is 3.89. The normalized spacial score (nSPS) is 10.5. The van der Waals surface area contributed by atoms with E-state index in [0.29, 0.717) is 26.7 Å². The molecule has 0 N–H and O–H groups in total. The Labute approximate surface area is 129 Å². The summed E-state index contributed by atoms with van der Waals surface area (Å²) in [5, 5.41) is 1.48. The fraction of sp³-hybridized carbons (Fsp3) is 0.143. The summed E-state index contributed by atoms with van der Waals surface area (Å²) < 4.78 is 19.3. The average molecular weight is 364 g/mol. The van der Waals surface area contributed by atoms with Gasteiger partial charge in [-0.2, -0.15) is 0 Å². The van der Waals surface area contributed by atoms with Crippen molar-refractivity contribution in [3.8, 4) is 5.75 Å². The molecule has 0 saturated heterocycles. The zero-order valence-corrected chi connectivity index (χ0v) is 12.9. The maximum Gasteiger partial charge on any atom is 0.142 e. The largest absolute Gasteiger partial charge is 0.487 e. The molecule has 0 fully saturated rings.